The first-order valence-electron chi connectivity index (χ1n) is 7.49. The van der Waals surface area contributed by atoms with Crippen molar-refractivity contribution in [2.24, 2.45) is 0 Å². The lowest BCUT2D eigenvalue weighted by Crippen LogP contribution is -2.48. The normalized spacial score (nSPS) is 19.8. The van der Waals surface area contributed by atoms with E-state index in [2.05, 4.69) is 16.3 Å². The molecule has 0 saturated carbocycles. The van der Waals surface area contributed by atoms with Crippen molar-refractivity contribution in [3.05, 3.63) is 21.9 Å². The zero-order chi connectivity index (χ0) is 13.9. The first-order valence-corrected chi connectivity index (χ1v) is 8.37. The molecule has 0 atom stereocenters. The Morgan fingerprint density at radius 2 is 2.14 bits per heavy atom. The Labute approximate surface area is 136 Å². The van der Waals surface area contributed by atoms with Gasteiger partial charge in [0.1, 0.15) is 0 Å². The molecule has 0 spiro atoms. The van der Waals surface area contributed by atoms with E-state index in [1.165, 1.54) is 16.9 Å². The summed E-state index contributed by atoms with van der Waals surface area (Å²) in [6.45, 7) is 6.24. The molecule has 3 heterocycles. The minimum Gasteiger partial charge on any atom is -0.450 e. The number of rotatable bonds is 2. The number of thiophene rings is 1. The maximum atomic E-state index is 11.7. The van der Waals surface area contributed by atoms with Gasteiger partial charge < -0.3 is 9.64 Å². The molecule has 0 N–H and O–H groups in total. The molecule has 2 aliphatic rings. The van der Waals surface area contributed by atoms with Crippen LogP contribution in [-0.4, -0.2) is 48.2 Å². The maximum absolute atomic E-state index is 11.7. The summed E-state index contributed by atoms with van der Waals surface area (Å²) in [5.74, 6) is 0. The van der Waals surface area contributed by atoms with E-state index in [-0.39, 0.29) is 18.5 Å². The number of amides is 1. The van der Waals surface area contributed by atoms with Crippen molar-refractivity contribution in [1.82, 2.24) is 9.80 Å². The summed E-state index contributed by atoms with van der Waals surface area (Å²) >= 11 is 1.88. The van der Waals surface area contributed by atoms with E-state index in [9.17, 15) is 4.79 Å². The van der Waals surface area contributed by atoms with Gasteiger partial charge in [-0.1, -0.05) is 0 Å². The Kier molecular flexibility index (Phi) is 5.90. The van der Waals surface area contributed by atoms with Gasteiger partial charge in [-0.25, -0.2) is 4.79 Å². The number of fused-ring (bicyclic) bond motifs is 1. The van der Waals surface area contributed by atoms with Crippen molar-refractivity contribution in [2.45, 2.75) is 38.8 Å². The number of piperidine rings is 1. The van der Waals surface area contributed by atoms with Crippen molar-refractivity contribution < 1.29 is 9.53 Å². The Morgan fingerprint density at radius 3 is 2.86 bits per heavy atom. The number of halogens is 1. The SMILES string of the molecule is CCOC(=O)N1CCC(N2CCc3ccsc3C2)CC1.Cl. The largest absolute Gasteiger partial charge is 0.450 e. The first kappa shape index (κ1) is 16.6. The van der Waals surface area contributed by atoms with Crippen LogP contribution in [0.5, 0.6) is 0 Å². The minimum atomic E-state index is -0.148. The van der Waals surface area contributed by atoms with Crippen molar-refractivity contribution in [2.75, 3.05) is 26.2 Å². The molecule has 6 heteroatoms. The molecule has 0 aliphatic carbocycles. The molecule has 4 nitrogen and oxygen atoms in total. The average Bonchev–Trinajstić information content (AvgIpc) is 2.95. The highest BCUT2D eigenvalue weighted by Crippen LogP contribution is 2.28. The molecule has 1 aromatic rings. The molecule has 118 valence electrons. The number of likely N-dealkylation sites (tertiary alicyclic amines) is 1. The molecule has 21 heavy (non-hydrogen) atoms. The van der Waals surface area contributed by atoms with Crippen LogP contribution in [0.2, 0.25) is 0 Å². The number of ether oxygens (including phenoxy) is 1. The first-order chi connectivity index (χ1) is 9.78. The van der Waals surface area contributed by atoms with Crippen molar-refractivity contribution in [3.63, 3.8) is 0 Å². The third-order valence-electron chi connectivity index (χ3n) is 4.36. The molecule has 0 unspecified atom stereocenters. The fraction of sp³-hybridized carbons (Fsp3) is 0.667. The van der Waals surface area contributed by atoms with Gasteiger partial charge in [0, 0.05) is 37.1 Å². The van der Waals surface area contributed by atoms with E-state index < -0.39 is 0 Å². The second kappa shape index (κ2) is 7.47. The van der Waals surface area contributed by atoms with Crippen molar-refractivity contribution in [1.29, 1.82) is 0 Å². The Balaban J connectivity index is 0.00000161. The van der Waals surface area contributed by atoms with Crippen LogP contribution in [0.15, 0.2) is 11.4 Å². The van der Waals surface area contributed by atoms with Crippen LogP contribution in [0.1, 0.15) is 30.2 Å². The van der Waals surface area contributed by atoms with Crippen LogP contribution in [0.25, 0.3) is 0 Å². The Hall–Kier alpha value is -0.780. The van der Waals surface area contributed by atoms with Crippen LogP contribution in [-0.2, 0) is 17.7 Å². The van der Waals surface area contributed by atoms with Gasteiger partial charge in [-0.2, -0.15) is 0 Å². The average molecular weight is 331 g/mol. The number of hydrogen-bond acceptors (Lipinski definition) is 4. The molecule has 3 rings (SSSR count). The zero-order valence-corrected chi connectivity index (χ0v) is 14.0. The van der Waals surface area contributed by atoms with Crippen LogP contribution < -0.4 is 0 Å². The molecule has 0 bridgehead atoms. The highest BCUT2D eigenvalue weighted by Gasteiger charge is 2.29. The summed E-state index contributed by atoms with van der Waals surface area (Å²) < 4.78 is 5.07. The van der Waals surface area contributed by atoms with Crippen LogP contribution in [0.4, 0.5) is 4.79 Å². The van der Waals surface area contributed by atoms with Crippen molar-refractivity contribution >= 4 is 29.8 Å². The van der Waals surface area contributed by atoms with E-state index >= 15 is 0 Å². The Bertz CT molecular complexity index is 472. The number of carbonyl (C=O) groups excluding carboxylic acids is 1. The summed E-state index contributed by atoms with van der Waals surface area (Å²) in [6.07, 6.45) is 3.17. The standard InChI is InChI=1S/C15H22N2O2S.ClH/c1-2-19-15(18)16-8-4-13(5-9-16)17-7-3-12-6-10-20-14(12)11-17;/h6,10,13H,2-5,7-9,11H2,1H3;1H. The van der Waals surface area contributed by atoms with Gasteiger partial charge in [0.05, 0.1) is 6.61 Å². The third-order valence-corrected chi connectivity index (χ3v) is 5.31. The molecule has 1 fully saturated rings. The minimum absolute atomic E-state index is 0. The monoisotopic (exact) mass is 330 g/mol. The molecule has 0 aromatic carbocycles. The molecule has 0 radical (unpaired) electrons. The lowest BCUT2D eigenvalue weighted by Gasteiger charge is -2.39. The molecule has 1 amide bonds. The van der Waals surface area contributed by atoms with E-state index in [0.29, 0.717) is 12.6 Å². The van der Waals surface area contributed by atoms with Crippen LogP contribution in [0, 0.1) is 0 Å². The van der Waals surface area contributed by atoms with Crippen molar-refractivity contribution in [3.8, 4) is 0 Å². The highest BCUT2D eigenvalue weighted by molar-refractivity contribution is 7.10. The van der Waals surface area contributed by atoms with Crippen LogP contribution >= 0.6 is 23.7 Å². The fourth-order valence-electron chi connectivity index (χ4n) is 3.20. The van der Waals surface area contributed by atoms with Gasteiger partial charge in [-0.05, 0) is 43.2 Å². The van der Waals surface area contributed by atoms with Gasteiger partial charge in [-0.3, -0.25) is 4.90 Å². The van der Waals surface area contributed by atoms with Gasteiger partial charge in [0.15, 0.2) is 0 Å². The van der Waals surface area contributed by atoms with E-state index in [4.69, 9.17) is 4.74 Å². The summed E-state index contributed by atoms with van der Waals surface area (Å²) in [4.78, 5) is 17.7. The highest BCUT2D eigenvalue weighted by atomic mass is 35.5. The number of carbonyl (C=O) groups is 1. The summed E-state index contributed by atoms with van der Waals surface area (Å²) in [5.41, 5.74) is 1.54. The Morgan fingerprint density at radius 1 is 1.38 bits per heavy atom. The lowest BCUT2D eigenvalue weighted by atomic mass is 10.00. The lowest BCUT2D eigenvalue weighted by molar-refractivity contribution is 0.0711. The van der Waals surface area contributed by atoms with Gasteiger partial charge in [0.2, 0.25) is 0 Å². The smallest absolute Gasteiger partial charge is 0.409 e. The second-order valence-electron chi connectivity index (χ2n) is 5.51. The summed E-state index contributed by atoms with van der Waals surface area (Å²) in [6, 6.07) is 2.89. The predicted molar refractivity (Wildman–Crippen MR) is 87.3 cm³/mol. The van der Waals surface area contributed by atoms with E-state index in [0.717, 1.165) is 39.0 Å². The topological polar surface area (TPSA) is 32.8 Å². The second-order valence-corrected chi connectivity index (χ2v) is 6.51. The summed E-state index contributed by atoms with van der Waals surface area (Å²) in [7, 11) is 0. The number of nitrogens with zero attached hydrogens (tertiary/aromatic N) is 2. The third kappa shape index (κ3) is 3.71. The van der Waals surface area contributed by atoms with E-state index in [1.807, 2.05) is 23.2 Å². The molecule has 2 aliphatic heterocycles. The van der Waals surface area contributed by atoms with Gasteiger partial charge in [-0.15, -0.1) is 23.7 Å². The maximum Gasteiger partial charge on any atom is 0.409 e. The summed E-state index contributed by atoms with van der Waals surface area (Å²) in [5, 5.41) is 2.21. The van der Waals surface area contributed by atoms with Gasteiger partial charge in [0.25, 0.3) is 0 Å². The predicted octanol–water partition coefficient (Wildman–Crippen LogP) is 3.15. The molecule has 1 aromatic heterocycles. The van der Waals surface area contributed by atoms with E-state index in [1.54, 1.807) is 0 Å². The molecule has 1 saturated heterocycles. The molecular weight excluding hydrogens is 308 g/mol. The molecular formula is C15H23ClN2O2S. The fourth-order valence-corrected chi connectivity index (χ4v) is 4.15. The van der Waals surface area contributed by atoms with Gasteiger partial charge >= 0.3 is 6.09 Å². The zero-order valence-electron chi connectivity index (χ0n) is 12.4. The number of hydrogen-bond donors (Lipinski definition) is 0. The quantitative estimate of drug-likeness (QED) is 0.835. The van der Waals surface area contributed by atoms with Crippen LogP contribution in [0.3, 0.4) is 0 Å².